The first-order valence-corrected chi connectivity index (χ1v) is 14.9. The fourth-order valence-corrected chi connectivity index (χ4v) is 5.64. The lowest BCUT2D eigenvalue weighted by atomic mass is 9.92. The molecule has 2 aliphatic rings. The Labute approximate surface area is 254 Å². The third-order valence-corrected chi connectivity index (χ3v) is 8.27. The van der Waals surface area contributed by atoms with Crippen LogP contribution in [0.2, 0.25) is 0 Å². The van der Waals surface area contributed by atoms with Gasteiger partial charge in [0.05, 0.1) is 33.5 Å². The second-order valence-corrected chi connectivity index (χ2v) is 11.2. The number of hydrogen-bond donors (Lipinski definition) is 2. The fraction of sp³-hybridized carbons (Fsp3) is 0.357. The van der Waals surface area contributed by atoms with Crippen molar-refractivity contribution in [3.8, 4) is 11.1 Å². The zero-order chi connectivity index (χ0) is 28.1. The fourth-order valence-electron chi connectivity index (χ4n) is 4.90. The number of Topliss-reactive ketones (excluding diaryl/α,β-unsaturated/α-hetero) is 1. The predicted molar refractivity (Wildman–Crippen MR) is 164 cm³/mol. The Hall–Kier alpha value is -2.84. The maximum absolute atomic E-state index is 13.5. The lowest BCUT2D eigenvalue weighted by Gasteiger charge is -2.31. The molecule has 5 rings (SSSR count). The van der Waals surface area contributed by atoms with E-state index in [0.29, 0.717) is 41.8 Å². The van der Waals surface area contributed by atoms with Crippen molar-refractivity contribution < 1.29 is 18.7 Å². The molecule has 210 valence electrons. The van der Waals surface area contributed by atoms with Crippen LogP contribution >= 0.6 is 38.8 Å². The summed E-state index contributed by atoms with van der Waals surface area (Å²) >= 11 is 4.93. The van der Waals surface area contributed by atoms with Crippen LogP contribution < -0.4 is 10.6 Å². The Morgan fingerprint density at radius 1 is 1.02 bits per heavy atom. The number of piperidine rings is 1. The number of aromatic nitrogens is 2. The van der Waals surface area contributed by atoms with E-state index in [9.17, 15) is 14.0 Å². The molecule has 2 aliphatic heterocycles. The number of ketones is 1. The molecule has 0 radical (unpaired) electrons. The molecule has 2 aromatic carbocycles. The molecule has 2 saturated heterocycles. The normalized spacial score (nSPS) is 18.4. The molecule has 1 atom stereocenters. The molecule has 2 amide bonds. The van der Waals surface area contributed by atoms with Gasteiger partial charge in [0.25, 0.3) is 0 Å². The van der Waals surface area contributed by atoms with Crippen molar-refractivity contribution in [2.24, 2.45) is 9.12 Å². The van der Waals surface area contributed by atoms with Gasteiger partial charge in [0, 0.05) is 48.7 Å². The molecule has 2 N–H and O–H groups in total. The smallest absolute Gasteiger partial charge is 0.321 e. The van der Waals surface area contributed by atoms with Gasteiger partial charge in [-0.3, -0.25) is 4.79 Å². The van der Waals surface area contributed by atoms with Crippen molar-refractivity contribution in [3.05, 3.63) is 65.1 Å². The number of rotatable bonds is 6. The van der Waals surface area contributed by atoms with Crippen molar-refractivity contribution in [2.75, 3.05) is 30.3 Å². The molecular formula is C28H29BrFIN6O3. The number of hydrogen-bond acceptors (Lipinski definition) is 5. The van der Waals surface area contributed by atoms with E-state index in [0.717, 1.165) is 37.0 Å². The molecule has 12 heteroatoms. The monoisotopic (exact) mass is 722 g/mol. The average Bonchev–Trinajstić information content (AvgIpc) is 3.49. The molecule has 0 saturated carbocycles. The third-order valence-electron chi connectivity index (χ3n) is 7.17. The van der Waals surface area contributed by atoms with Crippen LogP contribution in [0.15, 0.2) is 62.5 Å². The summed E-state index contributed by atoms with van der Waals surface area (Å²) in [6, 6.07) is 11.9. The first-order valence-electron chi connectivity index (χ1n) is 13.2. The van der Waals surface area contributed by atoms with Crippen molar-refractivity contribution in [2.45, 2.75) is 38.3 Å². The summed E-state index contributed by atoms with van der Waals surface area (Å²) in [5.41, 5.74) is 3.26. The number of anilines is 2. The minimum absolute atomic E-state index is 0.00515. The number of ether oxygens (including phenoxy) is 1. The highest BCUT2D eigenvalue weighted by Gasteiger charge is 2.30. The molecule has 1 unspecified atom stereocenters. The van der Waals surface area contributed by atoms with Gasteiger partial charge in [-0.15, -0.1) is 0 Å². The minimum atomic E-state index is -0.385. The van der Waals surface area contributed by atoms with Crippen LogP contribution in [0.5, 0.6) is 0 Å². The molecule has 9 nitrogen and oxygen atoms in total. The van der Waals surface area contributed by atoms with Gasteiger partial charge in [0.2, 0.25) is 5.78 Å². The number of amides is 2. The molecule has 40 heavy (non-hydrogen) atoms. The molecule has 2 fully saturated rings. The number of carbonyl (C=O) groups excluding carboxylic acids is 2. The molecule has 0 aliphatic carbocycles. The average molecular weight is 723 g/mol. The van der Waals surface area contributed by atoms with Gasteiger partial charge < -0.3 is 20.3 Å². The van der Waals surface area contributed by atoms with E-state index in [-0.39, 0.29) is 35.6 Å². The summed E-state index contributed by atoms with van der Waals surface area (Å²) in [7, 11) is 0. The van der Waals surface area contributed by atoms with Crippen LogP contribution in [0.4, 0.5) is 20.6 Å². The number of benzene rings is 2. The SMILES string of the molecule is O=C(C(=NI)Nc1ccc(F)c(Br)c1)C1CCN(C(=O)Nc2ccc(-c3cnn(C4CCCCO4)c3)cc2)CC1. The quantitative estimate of drug-likeness (QED) is 0.165. The standard InChI is InChI=1S/C28H29BrFIN6O3/c29-23-15-22(8-9-24(23)30)33-27(35-31)26(38)19-10-12-36(13-11-19)28(39)34-21-6-4-18(5-7-21)20-16-32-37(17-20)25-3-1-2-14-40-25/h4-9,15-17,19,25H,1-3,10-14H2,(H,33,35)(H,34,39). The molecule has 0 bridgehead atoms. The predicted octanol–water partition coefficient (Wildman–Crippen LogP) is 6.82. The molecule has 3 heterocycles. The zero-order valence-electron chi connectivity index (χ0n) is 21.7. The van der Waals surface area contributed by atoms with Crippen LogP contribution in [-0.2, 0) is 9.53 Å². The number of urea groups is 1. The number of halogens is 3. The zero-order valence-corrected chi connectivity index (χ0v) is 25.4. The molecular weight excluding hydrogens is 694 g/mol. The largest absolute Gasteiger partial charge is 0.357 e. The second kappa shape index (κ2) is 13.2. The van der Waals surface area contributed by atoms with Crippen LogP contribution in [-0.4, -0.2) is 52.0 Å². The van der Waals surface area contributed by atoms with Crippen LogP contribution in [0.1, 0.15) is 38.3 Å². The summed E-state index contributed by atoms with van der Waals surface area (Å²) in [6.07, 6.45) is 8.09. The Morgan fingerprint density at radius 2 is 1.77 bits per heavy atom. The maximum atomic E-state index is 13.5. The Kier molecular flexibility index (Phi) is 9.48. The van der Waals surface area contributed by atoms with Crippen molar-refractivity contribution in [1.29, 1.82) is 0 Å². The Bertz CT molecular complexity index is 1380. The van der Waals surface area contributed by atoms with E-state index < -0.39 is 0 Å². The summed E-state index contributed by atoms with van der Waals surface area (Å²) in [5, 5.41) is 10.4. The number of likely N-dealkylation sites (tertiary alicyclic amines) is 1. The summed E-state index contributed by atoms with van der Waals surface area (Å²) in [4.78, 5) is 27.7. The van der Waals surface area contributed by atoms with Gasteiger partial charge in [-0.2, -0.15) is 8.30 Å². The van der Waals surface area contributed by atoms with E-state index >= 15 is 0 Å². The highest BCUT2D eigenvalue weighted by atomic mass is 127. The Morgan fingerprint density at radius 3 is 2.45 bits per heavy atom. The number of carbonyl (C=O) groups is 2. The van der Waals surface area contributed by atoms with E-state index in [1.54, 1.807) is 39.9 Å². The van der Waals surface area contributed by atoms with Gasteiger partial charge in [0.1, 0.15) is 12.0 Å². The van der Waals surface area contributed by atoms with Gasteiger partial charge in [-0.05, 0) is 83.9 Å². The highest BCUT2D eigenvalue weighted by Crippen LogP contribution is 2.27. The highest BCUT2D eigenvalue weighted by molar-refractivity contribution is 14.1. The summed E-state index contributed by atoms with van der Waals surface area (Å²) in [6.45, 7) is 1.68. The molecule has 3 aromatic rings. The van der Waals surface area contributed by atoms with E-state index in [1.807, 2.05) is 41.3 Å². The number of nitrogens with zero attached hydrogens (tertiary/aromatic N) is 4. The van der Waals surface area contributed by atoms with E-state index in [4.69, 9.17) is 4.74 Å². The van der Waals surface area contributed by atoms with Crippen molar-refractivity contribution >= 4 is 67.8 Å². The number of nitrogens with one attached hydrogen (secondary N) is 2. The summed E-state index contributed by atoms with van der Waals surface area (Å²) in [5.74, 6) is -0.556. The summed E-state index contributed by atoms with van der Waals surface area (Å²) < 4.78 is 25.6. The second-order valence-electron chi connectivity index (χ2n) is 9.85. The van der Waals surface area contributed by atoms with Crippen LogP contribution in [0, 0.1) is 11.7 Å². The Balaban J connectivity index is 1.12. The van der Waals surface area contributed by atoms with Gasteiger partial charge >= 0.3 is 6.03 Å². The third kappa shape index (κ3) is 6.89. The van der Waals surface area contributed by atoms with Gasteiger partial charge in [-0.25, -0.2) is 13.9 Å². The molecule has 0 spiro atoms. The van der Waals surface area contributed by atoms with Crippen molar-refractivity contribution in [1.82, 2.24) is 14.7 Å². The maximum Gasteiger partial charge on any atom is 0.321 e. The topological polar surface area (TPSA) is 101 Å². The minimum Gasteiger partial charge on any atom is -0.357 e. The lowest BCUT2D eigenvalue weighted by Crippen LogP contribution is -2.44. The number of amidine groups is 1. The van der Waals surface area contributed by atoms with Crippen LogP contribution in [0.25, 0.3) is 11.1 Å². The molecule has 1 aromatic heterocycles. The van der Waals surface area contributed by atoms with E-state index in [2.05, 4.69) is 34.9 Å². The van der Waals surface area contributed by atoms with Gasteiger partial charge in [-0.1, -0.05) is 12.1 Å². The first kappa shape index (κ1) is 28.7. The van der Waals surface area contributed by atoms with Crippen molar-refractivity contribution in [3.63, 3.8) is 0 Å². The first-order chi connectivity index (χ1) is 19.4. The van der Waals surface area contributed by atoms with E-state index in [1.165, 1.54) is 6.07 Å². The van der Waals surface area contributed by atoms with Crippen LogP contribution in [0.3, 0.4) is 0 Å². The van der Waals surface area contributed by atoms with Gasteiger partial charge in [0.15, 0.2) is 5.84 Å². The lowest BCUT2D eigenvalue weighted by molar-refractivity contribution is -0.117.